The van der Waals surface area contributed by atoms with Crippen molar-refractivity contribution in [3.63, 3.8) is 0 Å². The van der Waals surface area contributed by atoms with Crippen molar-refractivity contribution >= 4 is 11.8 Å². The Morgan fingerprint density at radius 3 is 1.18 bits per heavy atom. The van der Waals surface area contributed by atoms with E-state index in [1.54, 1.807) is 13.8 Å². The van der Waals surface area contributed by atoms with E-state index in [0.29, 0.717) is 33.7 Å². The molecule has 2 N–H and O–H groups in total. The fraction of sp³-hybridized carbons (Fsp3) is 0.917. The number of nitrogens with one attached hydrogen (secondary N) is 2. The molecule has 4 saturated carbocycles. The molecule has 0 aromatic carbocycles. The minimum Gasteiger partial charge on any atom is -0.353 e. The topological polar surface area (TPSA) is 58.2 Å². The Balaban J connectivity index is 0.000000161. The third-order valence-electron chi connectivity index (χ3n) is 10.3. The highest BCUT2D eigenvalue weighted by Gasteiger charge is 2.62. The van der Waals surface area contributed by atoms with E-state index >= 15 is 0 Å². The van der Waals surface area contributed by atoms with E-state index in [0.717, 1.165) is 11.8 Å². The Labute approximate surface area is 172 Å². The first-order valence-electron chi connectivity index (χ1n) is 11.3. The molecule has 0 radical (unpaired) electrons. The van der Waals surface area contributed by atoms with Gasteiger partial charge >= 0.3 is 0 Å². The van der Waals surface area contributed by atoms with E-state index in [-0.39, 0.29) is 11.8 Å². The van der Waals surface area contributed by atoms with Gasteiger partial charge in [0.05, 0.1) is 0 Å². The molecular weight excluding hydrogens is 348 g/mol. The molecule has 4 heteroatoms. The summed E-state index contributed by atoms with van der Waals surface area (Å²) in [6.07, 6.45) is 7.61. The molecule has 4 bridgehead atoms. The first-order valence-corrected chi connectivity index (χ1v) is 11.3. The molecular formula is C24H42N2O2. The zero-order chi connectivity index (χ0) is 21.1. The lowest BCUT2D eigenvalue weighted by molar-refractivity contribution is -0.121. The zero-order valence-electron chi connectivity index (χ0n) is 19.4. The maximum absolute atomic E-state index is 11.1. The van der Waals surface area contributed by atoms with E-state index in [1.165, 1.54) is 38.5 Å². The van der Waals surface area contributed by atoms with Crippen LogP contribution in [-0.2, 0) is 9.59 Å². The minimum atomic E-state index is 0.125. The molecule has 0 aliphatic heterocycles. The fourth-order valence-corrected chi connectivity index (χ4v) is 7.33. The molecule has 4 aliphatic carbocycles. The van der Waals surface area contributed by atoms with Gasteiger partial charge in [-0.1, -0.05) is 41.5 Å². The van der Waals surface area contributed by atoms with Gasteiger partial charge < -0.3 is 10.6 Å². The Hall–Kier alpha value is -1.06. The second kappa shape index (κ2) is 6.74. The van der Waals surface area contributed by atoms with Crippen molar-refractivity contribution in [2.24, 2.45) is 33.5 Å². The van der Waals surface area contributed by atoms with Crippen molar-refractivity contribution in [2.75, 3.05) is 0 Å². The number of carbonyl (C=O) groups excluding carboxylic acids is 2. The van der Waals surface area contributed by atoms with Crippen LogP contribution in [0, 0.1) is 33.5 Å². The van der Waals surface area contributed by atoms with Gasteiger partial charge in [-0.2, -0.15) is 0 Å². The van der Waals surface area contributed by atoms with Gasteiger partial charge in [0, 0.05) is 25.9 Å². The van der Waals surface area contributed by atoms with Gasteiger partial charge in [0.15, 0.2) is 0 Å². The third-order valence-corrected chi connectivity index (χ3v) is 10.3. The molecule has 6 atom stereocenters. The molecule has 4 aliphatic rings. The van der Waals surface area contributed by atoms with Gasteiger partial charge in [-0.15, -0.1) is 0 Å². The largest absolute Gasteiger partial charge is 0.353 e. The molecule has 4 fully saturated rings. The number of carbonyl (C=O) groups is 2. The number of amides is 2. The highest BCUT2D eigenvalue weighted by atomic mass is 16.2. The van der Waals surface area contributed by atoms with E-state index in [2.05, 4.69) is 52.2 Å². The van der Waals surface area contributed by atoms with Gasteiger partial charge in [-0.25, -0.2) is 0 Å². The summed E-state index contributed by atoms with van der Waals surface area (Å²) < 4.78 is 0. The Morgan fingerprint density at radius 2 is 1.00 bits per heavy atom. The SMILES string of the molecule is CC(=O)N[C@@H]1C[C@H]2CC[C@]1(C)C2(C)C.CC(=O)N[C@@H]1C[C@H]2CC[C@]1(C)C2(C)C. The number of hydrogen-bond acceptors (Lipinski definition) is 2. The van der Waals surface area contributed by atoms with Gasteiger partial charge in [0.2, 0.25) is 11.8 Å². The van der Waals surface area contributed by atoms with Crippen LogP contribution in [0.2, 0.25) is 0 Å². The predicted molar refractivity (Wildman–Crippen MR) is 114 cm³/mol. The van der Waals surface area contributed by atoms with E-state index in [4.69, 9.17) is 0 Å². The summed E-state index contributed by atoms with van der Waals surface area (Å²) in [5, 5.41) is 6.26. The van der Waals surface area contributed by atoms with E-state index in [9.17, 15) is 9.59 Å². The van der Waals surface area contributed by atoms with Crippen LogP contribution in [-0.4, -0.2) is 23.9 Å². The summed E-state index contributed by atoms with van der Waals surface area (Å²) in [7, 11) is 0. The van der Waals surface area contributed by atoms with Crippen LogP contribution >= 0.6 is 0 Å². The van der Waals surface area contributed by atoms with Crippen molar-refractivity contribution in [3.05, 3.63) is 0 Å². The highest BCUT2D eigenvalue weighted by Crippen LogP contribution is 2.66. The lowest BCUT2D eigenvalue weighted by Crippen LogP contribution is -2.46. The van der Waals surface area contributed by atoms with Crippen molar-refractivity contribution in [2.45, 2.75) is 106 Å². The van der Waals surface area contributed by atoms with Crippen molar-refractivity contribution in [3.8, 4) is 0 Å². The van der Waals surface area contributed by atoms with Gasteiger partial charge in [-0.05, 0) is 72.0 Å². The Bertz CT molecular complexity index is 599. The second-order valence-corrected chi connectivity index (χ2v) is 11.7. The fourth-order valence-electron chi connectivity index (χ4n) is 7.33. The molecule has 4 nitrogen and oxygen atoms in total. The number of rotatable bonds is 2. The van der Waals surface area contributed by atoms with Crippen LogP contribution in [0.1, 0.15) is 93.9 Å². The summed E-state index contributed by atoms with van der Waals surface area (Å²) in [6, 6.07) is 0.822. The monoisotopic (exact) mass is 390 g/mol. The standard InChI is InChI=1S/2C12H21NO/c2*1-8(14)13-10-7-9-5-6-12(10,4)11(9,2)3/h2*9-10H,5-7H2,1-4H3,(H,13,14)/t2*9-,10-,12+/m11/s1. The summed E-state index contributed by atoms with van der Waals surface area (Å²) in [5.41, 5.74) is 1.45. The van der Waals surface area contributed by atoms with Crippen molar-refractivity contribution < 1.29 is 9.59 Å². The maximum atomic E-state index is 11.1. The second-order valence-electron chi connectivity index (χ2n) is 11.7. The average Bonchev–Trinajstić information content (AvgIpc) is 3.06. The van der Waals surface area contributed by atoms with Crippen LogP contribution < -0.4 is 10.6 Å². The van der Waals surface area contributed by atoms with Crippen molar-refractivity contribution in [1.82, 2.24) is 10.6 Å². The van der Waals surface area contributed by atoms with Gasteiger partial charge in [0.25, 0.3) is 0 Å². The molecule has 160 valence electrons. The molecule has 0 saturated heterocycles. The van der Waals surface area contributed by atoms with E-state index < -0.39 is 0 Å². The molecule has 0 aromatic rings. The lowest BCUT2D eigenvalue weighted by Gasteiger charge is -2.39. The molecule has 0 aromatic heterocycles. The van der Waals surface area contributed by atoms with E-state index in [1.807, 2.05) is 0 Å². The molecule has 0 unspecified atom stereocenters. The molecule has 2 amide bonds. The lowest BCUT2D eigenvalue weighted by atomic mass is 9.69. The third kappa shape index (κ3) is 3.01. The van der Waals surface area contributed by atoms with Gasteiger partial charge in [-0.3, -0.25) is 9.59 Å². The first kappa shape index (κ1) is 21.6. The van der Waals surface area contributed by atoms with Crippen LogP contribution in [0.25, 0.3) is 0 Å². The number of hydrogen-bond donors (Lipinski definition) is 2. The minimum absolute atomic E-state index is 0.125. The van der Waals surface area contributed by atoms with Crippen LogP contribution in [0.15, 0.2) is 0 Å². The Morgan fingerprint density at radius 1 is 0.679 bits per heavy atom. The summed E-state index contributed by atoms with van der Waals surface area (Å²) in [5.74, 6) is 1.87. The zero-order valence-corrected chi connectivity index (χ0v) is 19.4. The normalized spacial score (nSPS) is 44.0. The summed E-state index contributed by atoms with van der Waals surface area (Å²) in [6.45, 7) is 17.4. The summed E-state index contributed by atoms with van der Waals surface area (Å²) >= 11 is 0. The first-order chi connectivity index (χ1) is 12.8. The Kier molecular flexibility index (Phi) is 5.21. The maximum Gasteiger partial charge on any atom is 0.217 e. The number of fused-ring (bicyclic) bond motifs is 4. The summed E-state index contributed by atoms with van der Waals surface area (Å²) in [4.78, 5) is 22.2. The van der Waals surface area contributed by atoms with Crippen LogP contribution in [0.5, 0.6) is 0 Å². The average molecular weight is 391 g/mol. The van der Waals surface area contributed by atoms with Crippen molar-refractivity contribution in [1.29, 1.82) is 0 Å². The molecule has 0 spiro atoms. The highest BCUT2D eigenvalue weighted by molar-refractivity contribution is 5.73. The molecule has 4 rings (SSSR count). The smallest absolute Gasteiger partial charge is 0.217 e. The predicted octanol–water partition coefficient (Wildman–Crippen LogP) is 4.67. The molecule has 0 heterocycles. The quantitative estimate of drug-likeness (QED) is 0.719. The van der Waals surface area contributed by atoms with Crippen LogP contribution in [0.3, 0.4) is 0 Å². The van der Waals surface area contributed by atoms with Gasteiger partial charge in [0.1, 0.15) is 0 Å². The molecule has 28 heavy (non-hydrogen) atoms. The van der Waals surface area contributed by atoms with Crippen LogP contribution in [0.4, 0.5) is 0 Å².